The molecule has 0 bridgehead atoms. The topological polar surface area (TPSA) is 57.5 Å². The molecule has 0 amide bonds. The van der Waals surface area contributed by atoms with Gasteiger partial charge in [0.2, 0.25) is 0 Å². The van der Waals surface area contributed by atoms with Crippen molar-refractivity contribution >= 4 is 5.97 Å². The number of aliphatic carboxylic acids is 1. The molecule has 2 radical (unpaired) electrons. The second-order valence-corrected chi connectivity index (χ2v) is 2.83. The van der Waals surface area contributed by atoms with E-state index in [4.69, 9.17) is 10.2 Å². The van der Waals surface area contributed by atoms with Gasteiger partial charge in [0, 0.05) is 0 Å². The van der Waals surface area contributed by atoms with Crippen molar-refractivity contribution in [3.05, 3.63) is 13.3 Å². The van der Waals surface area contributed by atoms with Crippen molar-refractivity contribution in [2.45, 2.75) is 38.2 Å². The standard InChI is InChI=1S/C9H16O3/c1-8(10)6-4-2-3-5-7-9(11)12/h7-8,10H,1-6H2,(H,11,12). The largest absolute Gasteiger partial charge is 0.481 e. The van der Waals surface area contributed by atoms with Crippen molar-refractivity contribution in [1.29, 1.82) is 0 Å². The molecule has 0 heterocycles. The summed E-state index contributed by atoms with van der Waals surface area (Å²) in [5.74, 6) is -0.854. The van der Waals surface area contributed by atoms with Gasteiger partial charge < -0.3 is 10.2 Å². The number of aliphatic hydroxyl groups is 1. The SMILES string of the molecule is [CH2]C(O)CCCCC[CH]C(=O)O. The van der Waals surface area contributed by atoms with Gasteiger partial charge >= 0.3 is 5.97 Å². The summed E-state index contributed by atoms with van der Waals surface area (Å²) in [6.45, 7) is 3.44. The molecule has 0 aliphatic carbocycles. The van der Waals surface area contributed by atoms with E-state index in [2.05, 4.69) is 6.92 Å². The number of hydrogen-bond donors (Lipinski definition) is 2. The average molecular weight is 172 g/mol. The molecule has 3 nitrogen and oxygen atoms in total. The number of carboxylic acids is 1. The summed E-state index contributed by atoms with van der Waals surface area (Å²) >= 11 is 0. The normalized spacial score (nSPS) is 12.8. The molecule has 12 heavy (non-hydrogen) atoms. The summed E-state index contributed by atoms with van der Waals surface area (Å²) in [5, 5.41) is 17.0. The Morgan fingerprint density at radius 3 is 2.58 bits per heavy atom. The number of aliphatic hydroxyl groups excluding tert-OH is 1. The molecule has 0 aliphatic heterocycles. The van der Waals surface area contributed by atoms with Crippen molar-refractivity contribution in [1.82, 2.24) is 0 Å². The van der Waals surface area contributed by atoms with Gasteiger partial charge in [-0.2, -0.15) is 0 Å². The molecule has 70 valence electrons. The Morgan fingerprint density at radius 1 is 1.42 bits per heavy atom. The smallest absolute Gasteiger partial charge is 0.307 e. The van der Waals surface area contributed by atoms with Gasteiger partial charge in [-0.25, -0.2) is 0 Å². The first-order chi connectivity index (χ1) is 5.63. The van der Waals surface area contributed by atoms with Crippen LogP contribution in [0.2, 0.25) is 0 Å². The number of hydrogen-bond acceptors (Lipinski definition) is 2. The molecule has 1 atom stereocenters. The van der Waals surface area contributed by atoms with Gasteiger partial charge in [0.25, 0.3) is 0 Å². The Morgan fingerprint density at radius 2 is 2.08 bits per heavy atom. The molecule has 0 saturated carbocycles. The van der Waals surface area contributed by atoms with Crippen molar-refractivity contribution < 1.29 is 15.0 Å². The predicted octanol–water partition coefficient (Wildman–Crippen LogP) is 1.42. The molecule has 0 spiro atoms. The van der Waals surface area contributed by atoms with Crippen LogP contribution in [0.3, 0.4) is 0 Å². The first kappa shape index (κ1) is 11.4. The van der Waals surface area contributed by atoms with E-state index >= 15 is 0 Å². The number of unbranched alkanes of at least 4 members (excludes halogenated alkanes) is 3. The minimum Gasteiger partial charge on any atom is -0.481 e. The second-order valence-electron chi connectivity index (χ2n) is 2.83. The maximum Gasteiger partial charge on any atom is 0.307 e. The average Bonchev–Trinajstić information content (AvgIpc) is 1.95. The molecule has 0 fully saturated rings. The van der Waals surface area contributed by atoms with Crippen LogP contribution in [-0.2, 0) is 4.79 Å². The number of carboxylic acid groups (broad SMARTS) is 1. The zero-order valence-corrected chi connectivity index (χ0v) is 7.20. The lowest BCUT2D eigenvalue weighted by Gasteiger charge is -2.02. The molecular formula is C9H16O3. The van der Waals surface area contributed by atoms with Crippen LogP contribution >= 0.6 is 0 Å². The first-order valence-electron chi connectivity index (χ1n) is 4.20. The van der Waals surface area contributed by atoms with Gasteiger partial charge in [-0.15, -0.1) is 0 Å². The highest BCUT2D eigenvalue weighted by molar-refractivity contribution is 5.76. The van der Waals surface area contributed by atoms with Gasteiger partial charge in [0.1, 0.15) is 0 Å². The van der Waals surface area contributed by atoms with Gasteiger partial charge in [0.15, 0.2) is 0 Å². The quantitative estimate of drug-likeness (QED) is 0.571. The van der Waals surface area contributed by atoms with Crippen molar-refractivity contribution in [3.63, 3.8) is 0 Å². The summed E-state index contributed by atoms with van der Waals surface area (Å²) in [6, 6.07) is 0. The second kappa shape index (κ2) is 7.10. The van der Waals surface area contributed by atoms with Crippen LogP contribution in [-0.4, -0.2) is 22.3 Å². The summed E-state index contributed by atoms with van der Waals surface area (Å²) in [5.41, 5.74) is 0. The molecule has 0 saturated heterocycles. The van der Waals surface area contributed by atoms with E-state index in [0.29, 0.717) is 12.8 Å². The molecular weight excluding hydrogens is 156 g/mol. The van der Waals surface area contributed by atoms with Crippen LogP contribution in [0.1, 0.15) is 32.1 Å². The van der Waals surface area contributed by atoms with Crippen LogP contribution in [0, 0.1) is 13.3 Å². The van der Waals surface area contributed by atoms with Crippen molar-refractivity contribution in [3.8, 4) is 0 Å². The van der Waals surface area contributed by atoms with Crippen LogP contribution in [0.4, 0.5) is 0 Å². The lowest BCUT2D eigenvalue weighted by Crippen LogP contribution is -1.99. The van der Waals surface area contributed by atoms with E-state index in [0.717, 1.165) is 19.3 Å². The van der Waals surface area contributed by atoms with Crippen LogP contribution in [0.5, 0.6) is 0 Å². The molecule has 0 aromatic heterocycles. The maximum atomic E-state index is 10.0. The highest BCUT2D eigenvalue weighted by atomic mass is 16.4. The fourth-order valence-electron chi connectivity index (χ4n) is 0.927. The van der Waals surface area contributed by atoms with E-state index in [-0.39, 0.29) is 0 Å². The third-order valence-corrected chi connectivity index (χ3v) is 1.56. The van der Waals surface area contributed by atoms with E-state index in [1.54, 1.807) is 0 Å². The van der Waals surface area contributed by atoms with Crippen molar-refractivity contribution in [2.24, 2.45) is 0 Å². The monoisotopic (exact) mass is 172 g/mol. The van der Waals surface area contributed by atoms with Crippen LogP contribution in [0.15, 0.2) is 0 Å². The lowest BCUT2D eigenvalue weighted by molar-refractivity contribution is -0.133. The fourth-order valence-corrected chi connectivity index (χ4v) is 0.927. The fraction of sp³-hybridized carbons (Fsp3) is 0.667. The summed E-state index contributed by atoms with van der Waals surface area (Å²) in [7, 11) is 0. The highest BCUT2D eigenvalue weighted by Gasteiger charge is 1.98. The molecule has 3 heteroatoms. The zero-order valence-electron chi connectivity index (χ0n) is 7.20. The van der Waals surface area contributed by atoms with E-state index in [1.165, 1.54) is 6.42 Å². The maximum absolute atomic E-state index is 10.0. The molecule has 2 N–H and O–H groups in total. The van der Waals surface area contributed by atoms with Gasteiger partial charge in [-0.1, -0.05) is 19.3 Å². The van der Waals surface area contributed by atoms with E-state index in [9.17, 15) is 4.79 Å². The third kappa shape index (κ3) is 9.43. The van der Waals surface area contributed by atoms with Gasteiger partial charge in [0.05, 0.1) is 12.5 Å². The molecule has 0 rings (SSSR count). The highest BCUT2D eigenvalue weighted by Crippen LogP contribution is 2.06. The molecule has 1 unspecified atom stereocenters. The molecule has 0 aliphatic rings. The van der Waals surface area contributed by atoms with E-state index < -0.39 is 12.1 Å². The Hall–Kier alpha value is -0.570. The Labute approximate surface area is 73.4 Å². The van der Waals surface area contributed by atoms with Gasteiger partial charge in [-0.3, -0.25) is 4.79 Å². The van der Waals surface area contributed by atoms with E-state index in [1.807, 2.05) is 0 Å². The Bertz CT molecular complexity index is 121. The zero-order chi connectivity index (χ0) is 9.40. The van der Waals surface area contributed by atoms with Gasteiger partial charge in [-0.05, 0) is 19.8 Å². The van der Waals surface area contributed by atoms with Crippen molar-refractivity contribution in [2.75, 3.05) is 0 Å². The van der Waals surface area contributed by atoms with Crippen LogP contribution < -0.4 is 0 Å². The number of carbonyl (C=O) groups is 1. The Kier molecular flexibility index (Phi) is 6.76. The minimum absolute atomic E-state index is 0.478. The first-order valence-corrected chi connectivity index (χ1v) is 4.20. The summed E-state index contributed by atoms with van der Waals surface area (Å²) in [6.07, 6.45) is 4.84. The Balaban J connectivity index is 2.96. The molecule has 0 aromatic carbocycles. The molecule has 0 aromatic rings. The lowest BCUT2D eigenvalue weighted by atomic mass is 10.1. The van der Waals surface area contributed by atoms with Crippen LogP contribution in [0.25, 0.3) is 0 Å². The number of rotatable bonds is 7. The minimum atomic E-state index is -0.854. The third-order valence-electron chi connectivity index (χ3n) is 1.56. The summed E-state index contributed by atoms with van der Waals surface area (Å²) < 4.78 is 0. The summed E-state index contributed by atoms with van der Waals surface area (Å²) in [4.78, 5) is 10.0. The predicted molar refractivity (Wildman–Crippen MR) is 46.4 cm³/mol.